The topological polar surface area (TPSA) is 71.0 Å². The van der Waals surface area contributed by atoms with E-state index in [-0.39, 0.29) is 24.7 Å². The van der Waals surface area contributed by atoms with E-state index in [2.05, 4.69) is 48.3 Å². The van der Waals surface area contributed by atoms with E-state index < -0.39 is 6.29 Å². The number of benzene rings is 3. The summed E-state index contributed by atoms with van der Waals surface area (Å²) in [7, 11) is 0. The molecule has 0 spiro atoms. The summed E-state index contributed by atoms with van der Waals surface area (Å²) in [6.07, 6.45) is 15.9. The normalized spacial score (nSPS) is 17.9. The monoisotopic (exact) mass is 656 g/mol. The van der Waals surface area contributed by atoms with Gasteiger partial charge in [0, 0.05) is 30.6 Å². The first-order chi connectivity index (χ1) is 23.6. The fourth-order valence-corrected chi connectivity index (χ4v) is 6.51. The van der Waals surface area contributed by atoms with Crippen LogP contribution in [0.1, 0.15) is 142 Å². The summed E-state index contributed by atoms with van der Waals surface area (Å²) in [5.74, 6) is -0.0806. The maximum atomic E-state index is 12.5. The third-order valence-electron chi connectivity index (χ3n) is 9.47. The number of carbonyl (C=O) groups excluding carboxylic acids is 1. The van der Waals surface area contributed by atoms with Crippen LogP contribution in [0.2, 0.25) is 0 Å². The molecule has 2 N–H and O–H groups in total. The zero-order valence-electron chi connectivity index (χ0n) is 29.6. The number of nitrogens with one attached hydrogen (secondary N) is 1. The van der Waals surface area contributed by atoms with Crippen molar-refractivity contribution < 1.29 is 19.4 Å². The summed E-state index contributed by atoms with van der Waals surface area (Å²) in [4.78, 5) is 15.2. The first kappa shape index (κ1) is 37.8. The Morgan fingerprint density at radius 2 is 1.27 bits per heavy atom. The Kier molecular flexibility index (Phi) is 17.2. The first-order valence-corrected chi connectivity index (χ1v) is 18.7. The van der Waals surface area contributed by atoms with Crippen molar-refractivity contribution in [2.24, 2.45) is 0 Å². The van der Waals surface area contributed by atoms with Crippen LogP contribution in [0, 0.1) is 0 Å². The molecule has 3 aromatic rings. The van der Waals surface area contributed by atoms with Gasteiger partial charge in [-0.1, -0.05) is 145 Å². The van der Waals surface area contributed by atoms with Gasteiger partial charge in [0.05, 0.1) is 18.8 Å². The van der Waals surface area contributed by atoms with Gasteiger partial charge in [0.15, 0.2) is 6.29 Å². The predicted molar refractivity (Wildman–Crippen MR) is 196 cm³/mol. The van der Waals surface area contributed by atoms with E-state index in [9.17, 15) is 9.90 Å². The fraction of sp³-hybridized carbons (Fsp3) is 0.548. The van der Waals surface area contributed by atoms with Crippen molar-refractivity contribution >= 4 is 5.91 Å². The Hall–Kier alpha value is -3.03. The Balaban J connectivity index is 1.42. The fourth-order valence-electron chi connectivity index (χ4n) is 6.51. The smallest absolute Gasteiger partial charge is 0.251 e. The summed E-state index contributed by atoms with van der Waals surface area (Å²) >= 11 is 0. The summed E-state index contributed by atoms with van der Waals surface area (Å²) in [5.41, 5.74) is 4.68. The minimum Gasteiger partial charge on any atom is -0.392 e. The highest BCUT2D eigenvalue weighted by Crippen LogP contribution is 2.38. The van der Waals surface area contributed by atoms with Gasteiger partial charge < -0.3 is 24.8 Å². The third kappa shape index (κ3) is 13.1. The van der Waals surface area contributed by atoms with Crippen molar-refractivity contribution in [1.82, 2.24) is 10.2 Å². The Morgan fingerprint density at radius 1 is 0.708 bits per heavy atom. The molecular formula is C42H60N2O4. The zero-order valence-corrected chi connectivity index (χ0v) is 29.6. The molecule has 6 nitrogen and oxygen atoms in total. The van der Waals surface area contributed by atoms with E-state index in [0.29, 0.717) is 12.1 Å². The lowest BCUT2D eigenvalue weighted by atomic mass is 9.99. The molecule has 0 bridgehead atoms. The van der Waals surface area contributed by atoms with E-state index in [0.717, 1.165) is 48.3 Å². The largest absolute Gasteiger partial charge is 0.392 e. The van der Waals surface area contributed by atoms with Crippen LogP contribution < -0.4 is 5.32 Å². The predicted octanol–water partition coefficient (Wildman–Crippen LogP) is 9.68. The maximum absolute atomic E-state index is 12.5. The van der Waals surface area contributed by atoms with Crippen LogP contribution in [0.5, 0.6) is 0 Å². The second kappa shape index (κ2) is 21.8. The molecule has 3 unspecified atom stereocenters. The SMILES string of the molecule is CCCCCCCCN(CCCCCCCC)CC1CC(c2ccc(CO)cc2)OC(c2ccc(CNC(=O)c3ccccc3)cc2)O1. The van der Waals surface area contributed by atoms with Gasteiger partial charge in [-0.05, 0) is 54.8 Å². The molecule has 1 fully saturated rings. The lowest BCUT2D eigenvalue weighted by molar-refractivity contribution is -0.253. The van der Waals surface area contributed by atoms with Crippen LogP contribution in [0.15, 0.2) is 78.9 Å². The van der Waals surface area contributed by atoms with Gasteiger partial charge in [0.2, 0.25) is 0 Å². The highest BCUT2D eigenvalue weighted by atomic mass is 16.7. The van der Waals surface area contributed by atoms with Crippen LogP contribution in [-0.4, -0.2) is 41.7 Å². The molecule has 0 radical (unpaired) electrons. The molecule has 4 rings (SSSR count). The molecule has 262 valence electrons. The van der Waals surface area contributed by atoms with Crippen LogP contribution in [0.4, 0.5) is 0 Å². The van der Waals surface area contributed by atoms with E-state index >= 15 is 0 Å². The van der Waals surface area contributed by atoms with Gasteiger partial charge in [-0.3, -0.25) is 4.79 Å². The van der Waals surface area contributed by atoms with Crippen molar-refractivity contribution in [3.05, 3.63) is 107 Å². The Labute approximate surface area is 290 Å². The average Bonchev–Trinajstić information content (AvgIpc) is 3.13. The van der Waals surface area contributed by atoms with Gasteiger partial charge in [0.25, 0.3) is 5.91 Å². The van der Waals surface area contributed by atoms with Crippen molar-refractivity contribution in [3.63, 3.8) is 0 Å². The van der Waals surface area contributed by atoms with Crippen LogP contribution in [-0.2, 0) is 22.6 Å². The number of carbonyl (C=O) groups is 1. The second-order valence-electron chi connectivity index (χ2n) is 13.5. The van der Waals surface area contributed by atoms with Gasteiger partial charge in [0.1, 0.15) is 0 Å². The standard InChI is InChI=1S/C42H60N2O4/c1-3-5-7-9-11-16-28-44(29-17-12-10-8-6-4-2)32-39-30-40(36-24-22-35(33-45)23-25-36)48-42(47-39)38-26-20-34(21-27-38)31-43-41(46)37-18-14-13-15-19-37/h13-15,18-27,39-40,42,45H,3-12,16-17,28-33H2,1-2H3,(H,43,46). The second-order valence-corrected chi connectivity index (χ2v) is 13.5. The molecule has 1 aliphatic rings. The number of amides is 1. The van der Waals surface area contributed by atoms with Crippen LogP contribution in [0.3, 0.4) is 0 Å². The molecule has 1 saturated heterocycles. The summed E-state index contributed by atoms with van der Waals surface area (Å²) in [5, 5.41) is 12.6. The quantitative estimate of drug-likeness (QED) is 0.105. The van der Waals surface area contributed by atoms with E-state index in [1.54, 1.807) is 0 Å². The number of hydrogen-bond acceptors (Lipinski definition) is 5. The number of aliphatic hydroxyl groups is 1. The average molecular weight is 657 g/mol. The summed E-state index contributed by atoms with van der Waals surface area (Å²) in [6, 6.07) is 25.7. The number of ether oxygens (including phenoxy) is 2. The maximum Gasteiger partial charge on any atom is 0.251 e. The van der Waals surface area contributed by atoms with Crippen LogP contribution >= 0.6 is 0 Å². The minimum absolute atomic E-state index is 0.0319. The zero-order chi connectivity index (χ0) is 33.8. The molecular weight excluding hydrogens is 596 g/mol. The van der Waals surface area contributed by atoms with Crippen LogP contribution in [0.25, 0.3) is 0 Å². The molecule has 3 atom stereocenters. The highest BCUT2D eigenvalue weighted by molar-refractivity contribution is 5.94. The first-order valence-electron chi connectivity index (χ1n) is 18.7. The van der Waals surface area contributed by atoms with Crippen molar-refractivity contribution in [2.75, 3.05) is 19.6 Å². The number of hydrogen-bond donors (Lipinski definition) is 2. The third-order valence-corrected chi connectivity index (χ3v) is 9.47. The molecule has 1 heterocycles. The molecule has 1 amide bonds. The lowest BCUT2D eigenvalue weighted by Gasteiger charge is -2.38. The van der Waals surface area contributed by atoms with E-state index in [1.165, 1.54) is 77.0 Å². The van der Waals surface area contributed by atoms with Gasteiger partial charge in [-0.25, -0.2) is 0 Å². The minimum atomic E-state index is -0.482. The van der Waals surface area contributed by atoms with E-state index in [4.69, 9.17) is 9.47 Å². The van der Waals surface area contributed by atoms with Crippen molar-refractivity contribution in [3.8, 4) is 0 Å². The molecule has 48 heavy (non-hydrogen) atoms. The van der Waals surface area contributed by atoms with Crippen molar-refractivity contribution in [1.29, 1.82) is 0 Å². The molecule has 6 heteroatoms. The van der Waals surface area contributed by atoms with E-state index in [1.807, 2.05) is 54.6 Å². The summed E-state index contributed by atoms with van der Waals surface area (Å²) < 4.78 is 13.4. The molecule has 0 aromatic heterocycles. The Morgan fingerprint density at radius 3 is 1.88 bits per heavy atom. The number of aliphatic hydroxyl groups excluding tert-OH is 1. The van der Waals surface area contributed by atoms with Gasteiger partial charge >= 0.3 is 0 Å². The van der Waals surface area contributed by atoms with Crippen molar-refractivity contribution in [2.45, 2.75) is 129 Å². The lowest BCUT2D eigenvalue weighted by Crippen LogP contribution is -2.40. The van der Waals surface area contributed by atoms with Gasteiger partial charge in [-0.2, -0.15) is 0 Å². The number of nitrogens with zero attached hydrogens (tertiary/aromatic N) is 1. The molecule has 3 aromatic carbocycles. The summed E-state index contributed by atoms with van der Waals surface area (Å²) in [6.45, 7) is 8.17. The number of rotatable bonds is 22. The van der Waals surface area contributed by atoms with Gasteiger partial charge in [-0.15, -0.1) is 0 Å². The highest BCUT2D eigenvalue weighted by Gasteiger charge is 2.33. The molecule has 1 aliphatic heterocycles. The molecule has 0 aliphatic carbocycles. The number of unbranched alkanes of at least 4 members (excludes halogenated alkanes) is 10. The Bertz CT molecular complexity index is 1270. The molecule has 0 saturated carbocycles.